The van der Waals surface area contributed by atoms with E-state index < -0.39 is 0 Å². The first kappa shape index (κ1) is 12.0. The maximum atomic E-state index is 6.03. The van der Waals surface area contributed by atoms with Crippen LogP contribution in [0.5, 0.6) is 5.75 Å². The molecule has 0 aliphatic carbocycles. The third-order valence-electron chi connectivity index (χ3n) is 2.35. The molecule has 0 fully saturated rings. The molecule has 0 aliphatic rings. The van der Waals surface area contributed by atoms with Crippen molar-refractivity contribution < 1.29 is 9.15 Å². The summed E-state index contributed by atoms with van der Waals surface area (Å²) in [6.45, 7) is 0.551. The predicted octanol–water partition coefficient (Wildman–Crippen LogP) is 2.50. The lowest BCUT2D eigenvalue weighted by Gasteiger charge is -2.03. The van der Waals surface area contributed by atoms with Crippen molar-refractivity contribution in [2.24, 2.45) is 5.73 Å². The molecule has 0 bridgehead atoms. The van der Waals surface area contributed by atoms with Crippen LogP contribution in [-0.4, -0.2) is 18.6 Å². The zero-order chi connectivity index (χ0) is 12.3. The van der Waals surface area contributed by atoms with Gasteiger partial charge in [0, 0.05) is 12.0 Å². The highest BCUT2D eigenvalue weighted by atomic mass is 35.5. The van der Waals surface area contributed by atoms with Gasteiger partial charge in [0.25, 0.3) is 0 Å². The number of aromatic nitrogens is 1. The molecule has 4 nitrogen and oxygen atoms in total. The number of rotatable bonds is 4. The standard InChI is InChI=1S/C12H13ClN2O2/c1-16-11-3-2-8(6-10(11)13)12-15-9(4-5-14)7-17-12/h2-3,6-7H,4-5,14H2,1H3. The molecule has 5 heteroatoms. The quantitative estimate of drug-likeness (QED) is 0.908. The van der Waals surface area contributed by atoms with Gasteiger partial charge in [-0.1, -0.05) is 11.6 Å². The van der Waals surface area contributed by atoms with Crippen LogP contribution in [0.2, 0.25) is 5.02 Å². The Kier molecular flexibility index (Phi) is 3.66. The first-order valence-corrected chi connectivity index (χ1v) is 5.60. The van der Waals surface area contributed by atoms with Gasteiger partial charge in [0.15, 0.2) is 0 Å². The number of hydrogen-bond donors (Lipinski definition) is 1. The topological polar surface area (TPSA) is 61.3 Å². The summed E-state index contributed by atoms with van der Waals surface area (Å²) in [6.07, 6.45) is 2.31. The molecule has 2 aromatic rings. The highest BCUT2D eigenvalue weighted by Gasteiger charge is 2.09. The molecule has 0 atom stereocenters. The lowest BCUT2D eigenvalue weighted by molar-refractivity contribution is 0.415. The molecule has 0 spiro atoms. The lowest BCUT2D eigenvalue weighted by Crippen LogP contribution is -2.02. The molecule has 2 rings (SSSR count). The Hall–Kier alpha value is -1.52. The second-order valence-electron chi connectivity index (χ2n) is 3.53. The smallest absolute Gasteiger partial charge is 0.226 e. The van der Waals surface area contributed by atoms with Gasteiger partial charge in [0.1, 0.15) is 12.0 Å². The van der Waals surface area contributed by atoms with Crippen LogP contribution in [0.4, 0.5) is 0 Å². The minimum absolute atomic E-state index is 0.531. The molecule has 90 valence electrons. The fourth-order valence-electron chi connectivity index (χ4n) is 1.50. The fourth-order valence-corrected chi connectivity index (χ4v) is 1.76. The van der Waals surface area contributed by atoms with Crippen LogP contribution in [0.25, 0.3) is 11.5 Å². The monoisotopic (exact) mass is 252 g/mol. The summed E-state index contributed by atoms with van der Waals surface area (Å²) < 4.78 is 10.4. The number of ether oxygens (including phenoxy) is 1. The molecule has 0 unspecified atom stereocenters. The van der Waals surface area contributed by atoms with Gasteiger partial charge in [-0.3, -0.25) is 0 Å². The fraction of sp³-hybridized carbons (Fsp3) is 0.250. The third-order valence-corrected chi connectivity index (χ3v) is 2.65. The van der Waals surface area contributed by atoms with Crippen molar-refractivity contribution in [1.29, 1.82) is 0 Å². The minimum atomic E-state index is 0.531. The average molecular weight is 253 g/mol. The molecule has 0 saturated heterocycles. The van der Waals surface area contributed by atoms with Gasteiger partial charge in [0.2, 0.25) is 5.89 Å². The van der Waals surface area contributed by atoms with Gasteiger partial charge in [0.05, 0.1) is 17.8 Å². The Morgan fingerprint density at radius 1 is 1.47 bits per heavy atom. The number of benzene rings is 1. The van der Waals surface area contributed by atoms with E-state index in [-0.39, 0.29) is 0 Å². The van der Waals surface area contributed by atoms with E-state index in [0.29, 0.717) is 29.6 Å². The lowest BCUT2D eigenvalue weighted by atomic mass is 10.2. The van der Waals surface area contributed by atoms with Crippen LogP contribution in [0.3, 0.4) is 0 Å². The van der Waals surface area contributed by atoms with Crippen molar-refractivity contribution in [3.05, 3.63) is 35.2 Å². The summed E-state index contributed by atoms with van der Waals surface area (Å²) >= 11 is 6.03. The molecule has 1 heterocycles. The molecular weight excluding hydrogens is 240 g/mol. The second kappa shape index (κ2) is 5.21. The van der Waals surface area contributed by atoms with Gasteiger partial charge in [-0.05, 0) is 24.7 Å². The molecule has 0 saturated carbocycles. The molecule has 1 aromatic carbocycles. The van der Waals surface area contributed by atoms with Crippen molar-refractivity contribution in [2.45, 2.75) is 6.42 Å². The van der Waals surface area contributed by atoms with Crippen molar-refractivity contribution >= 4 is 11.6 Å². The number of methoxy groups -OCH3 is 1. The maximum absolute atomic E-state index is 6.03. The largest absolute Gasteiger partial charge is 0.495 e. The first-order valence-electron chi connectivity index (χ1n) is 5.23. The zero-order valence-corrected chi connectivity index (χ0v) is 10.2. The zero-order valence-electron chi connectivity index (χ0n) is 9.44. The molecule has 0 radical (unpaired) electrons. The van der Waals surface area contributed by atoms with Crippen LogP contribution in [-0.2, 0) is 6.42 Å². The molecule has 0 aliphatic heterocycles. The van der Waals surface area contributed by atoms with Crippen molar-refractivity contribution in [3.63, 3.8) is 0 Å². The van der Waals surface area contributed by atoms with Gasteiger partial charge < -0.3 is 14.9 Å². The Labute approximate surface area is 104 Å². The van der Waals surface area contributed by atoms with Gasteiger partial charge >= 0.3 is 0 Å². The predicted molar refractivity (Wildman–Crippen MR) is 66.3 cm³/mol. The summed E-state index contributed by atoms with van der Waals surface area (Å²) in [7, 11) is 1.57. The van der Waals surface area contributed by atoms with Crippen LogP contribution in [0, 0.1) is 0 Å². The molecular formula is C12H13ClN2O2. The summed E-state index contributed by atoms with van der Waals surface area (Å²) in [6, 6.07) is 5.39. The van der Waals surface area contributed by atoms with Crippen LogP contribution < -0.4 is 10.5 Å². The molecule has 1 aromatic heterocycles. The van der Waals surface area contributed by atoms with Crippen LogP contribution in [0.15, 0.2) is 28.9 Å². The number of halogens is 1. The number of hydrogen-bond acceptors (Lipinski definition) is 4. The van der Waals surface area contributed by atoms with E-state index in [1.807, 2.05) is 6.07 Å². The number of nitrogens with zero attached hydrogens (tertiary/aromatic N) is 1. The average Bonchev–Trinajstić information content (AvgIpc) is 2.78. The van der Waals surface area contributed by atoms with E-state index in [2.05, 4.69) is 4.98 Å². The summed E-state index contributed by atoms with van der Waals surface area (Å²) in [5, 5.41) is 0.531. The van der Waals surface area contributed by atoms with Crippen LogP contribution >= 0.6 is 11.6 Å². The number of nitrogens with two attached hydrogens (primary N) is 1. The Bertz CT molecular complexity index is 511. The van der Waals surface area contributed by atoms with Crippen LogP contribution in [0.1, 0.15) is 5.69 Å². The van der Waals surface area contributed by atoms with Gasteiger partial charge in [-0.15, -0.1) is 0 Å². The van der Waals surface area contributed by atoms with E-state index in [0.717, 1.165) is 11.3 Å². The molecule has 2 N–H and O–H groups in total. The Morgan fingerprint density at radius 2 is 2.29 bits per heavy atom. The van der Waals surface area contributed by atoms with E-state index >= 15 is 0 Å². The normalized spacial score (nSPS) is 10.5. The summed E-state index contributed by atoms with van der Waals surface area (Å²) in [5.41, 5.74) is 7.11. The third kappa shape index (κ3) is 2.60. The van der Waals surface area contributed by atoms with Gasteiger partial charge in [-0.2, -0.15) is 0 Å². The molecule has 17 heavy (non-hydrogen) atoms. The molecule has 0 amide bonds. The van der Waals surface area contributed by atoms with Crippen molar-refractivity contribution in [1.82, 2.24) is 4.98 Å². The highest BCUT2D eigenvalue weighted by Crippen LogP contribution is 2.29. The van der Waals surface area contributed by atoms with Gasteiger partial charge in [-0.25, -0.2) is 4.98 Å². The highest BCUT2D eigenvalue weighted by molar-refractivity contribution is 6.32. The van der Waals surface area contributed by atoms with Crippen molar-refractivity contribution in [3.8, 4) is 17.2 Å². The van der Waals surface area contributed by atoms with E-state index in [4.69, 9.17) is 26.5 Å². The Balaban J connectivity index is 2.29. The second-order valence-corrected chi connectivity index (χ2v) is 3.94. The number of oxazole rings is 1. The minimum Gasteiger partial charge on any atom is -0.495 e. The van der Waals surface area contributed by atoms with E-state index in [9.17, 15) is 0 Å². The van der Waals surface area contributed by atoms with Crippen molar-refractivity contribution in [2.75, 3.05) is 13.7 Å². The summed E-state index contributed by atoms with van der Waals surface area (Å²) in [5.74, 6) is 1.17. The first-order chi connectivity index (χ1) is 8.24. The SMILES string of the molecule is COc1ccc(-c2nc(CCN)co2)cc1Cl. The maximum Gasteiger partial charge on any atom is 0.226 e. The Morgan fingerprint density at radius 3 is 2.94 bits per heavy atom. The van der Waals surface area contributed by atoms with E-state index in [1.54, 1.807) is 25.5 Å². The summed E-state index contributed by atoms with van der Waals surface area (Å²) in [4.78, 5) is 4.32. The van der Waals surface area contributed by atoms with E-state index in [1.165, 1.54) is 0 Å².